The minimum absolute atomic E-state index is 0. The number of amides is 1. The van der Waals surface area contributed by atoms with Gasteiger partial charge in [0.25, 0.3) is 5.91 Å². The molecule has 46 heavy (non-hydrogen) atoms. The van der Waals surface area contributed by atoms with Crippen molar-refractivity contribution < 1.29 is 75.5 Å². The summed E-state index contributed by atoms with van der Waals surface area (Å²) >= 11 is 0. The Hall–Kier alpha value is -4.41. The molecule has 0 radical (unpaired) electrons. The molecule has 1 unspecified atom stereocenters. The second-order valence-electron chi connectivity index (χ2n) is 9.66. The number of carbonyl (C=O) groups excluding carboxylic acids is 2. The first-order valence-electron chi connectivity index (χ1n) is 13.4. The number of aliphatic carboxylic acids is 1. The van der Waals surface area contributed by atoms with Crippen LogP contribution in [0.4, 0.5) is 22.0 Å². The Labute approximate surface area is 279 Å². The average molecular weight is 653 g/mol. The largest absolute Gasteiger partial charge is 1.00 e. The number of carbonyl (C=O) groups is 2. The summed E-state index contributed by atoms with van der Waals surface area (Å²) in [7, 11) is 0. The molecule has 11 nitrogen and oxygen atoms in total. The fraction of sp³-hybridized carbons (Fsp3) is 0.241. The number of alkyl halides is 3. The van der Waals surface area contributed by atoms with E-state index in [1.165, 1.54) is 30.6 Å². The zero-order valence-electron chi connectivity index (χ0n) is 24.3. The number of nitrogens with zero attached hydrogens (tertiary/aromatic N) is 5. The first kappa shape index (κ1) is 34.5. The first-order valence-corrected chi connectivity index (χ1v) is 13.4. The van der Waals surface area contributed by atoms with E-state index < -0.39 is 47.7 Å². The zero-order valence-corrected chi connectivity index (χ0v) is 26.3. The number of fused-ring (bicyclic) bond motifs is 1. The first-order chi connectivity index (χ1) is 21.5. The van der Waals surface area contributed by atoms with Gasteiger partial charge in [0.2, 0.25) is 0 Å². The molecule has 0 fully saturated rings. The minimum Gasteiger partial charge on any atom is -0.550 e. The topological polar surface area (TPSA) is 148 Å². The van der Waals surface area contributed by atoms with E-state index in [0.29, 0.717) is 6.42 Å². The summed E-state index contributed by atoms with van der Waals surface area (Å²) in [5, 5.41) is 21.2. The molecule has 0 spiro atoms. The van der Waals surface area contributed by atoms with Crippen molar-refractivity contribution in [3.8, 4) is 39.8 Å². The van der Waals surface area contributed by atoms with Crippen LogP contribution in [0.15, 0.2) is 59.4 Å². The molecule has 1 N–H and O–H groups in total. The maximum Gasteiger partial charge on any atom is 1.00 e. The van der Waals surface area contributed by atoms with Crippen LogP contribution in [0.1, 0.15) is 37.1 Å². The Morgan fingerprint density at radius 1 is 1.07 bits per heavy atom. The van der Waals surface area contributed by atoms with Crippen LogP contribution in [-0.4, -0.2) is 49.9 Å². The van der Waals surface area contributed by atoms with Gasteiger partial charge in [-0.25, -0.2) is 18.7 Å². The monoisotopic (exact) mass is 652 g/mol. The second-order valence-corrected chi connectivity index (χ2v) is 9.66. The smallest absolute Gasteiger partial charge is 0.550 e. The van der Waals surface area contributed by atoms with Gasteiger partial charge in [-0.2, -0.15) is 18.3 Å². The molecule has 3 aromatic rings. The van der Waals surface area contributed by atoms with Gasteiger partial charge in [-0.15, -0.1) is 0 Å². The third kappa shape index (κ3) is 7.51. The van der Waals surface area contributed by atoms with Gasteiger partial charge in [0.05, 0.1) is 30.1 Å². The van der Waals surface area contributed by atoms with Crippen molar-refractivity contribution in [3.05, 3.63) is 77.8 Å². The third-order valence-corrected chi connectivity index (χ3v) is 6.46. The van der Waals surface area contributed by atoms with Gasteiger partial charge in [0.15, 0.2) is 29.3 Å². The summed E-state index contributed by atoms with van der Waals surface area (Å²) in [4.78, 5) is 32.5. The van der Waals surface area contributed by atoms with Crippen LogP contribution in [0.2, 0.25) is 0 Å². The van der Waals surface area contributed by atoms with Crippen molar-refractivity contribution in [2.75, 3.05) is 13.2 Å². The van der Waals surface area contributed by atoms with Crippen molar-refractivity contribution in [3.63, 3.8) is 0 Å². The van der Waals surface area contributed by atoms with Crippen molar-refractivity contribution in [1.82, 2.24) is 30.2 Å². The van der Waals surface area contributed by atoms with E-state index in [2.05, 4.69) is 25.5 Å². The Morgan fingerprint density at radius 3 is 2.54 bits per heavy atom. The number of benzene rings is 2. The van der Waals surface area contributed by atoms with Gasteiger partial charge in [-0.3, -0.25) is 9.48 Å². The molecular formula is C29H22F5N6NaO5. The number of hydrogen-bond donors (Lipinski definition) is 1. The Bertz CT molecular complexity index is 1830. The molecular weight excluding hydrogens is 630 g/mol. The number of carboxylic acids is 1. The summed E-state index contributed by atoms with van der Waals surface area (Å²) in [6.45, 7) is 1.66. The Kier molecular flexibility index (Phi) is 10.7. The molecule has 5 rings (SSSR count). The molecule has 0 saturated heterocycles. The van der Waals surface area contributed by atoms with Crippen LogP contribution in [0.5, 0.6) is 5.75 Å². The summed E-state index contributed by atoms with van der Waals surface area (Å²) in [5.74, 6) is -4.99. The number of aromatic nitrogens is 5. The van der Waals surface area contributed by atoms with E-state index in [0.717, 1.165) is 28.9 Å². The zero-order chi connectivity index (χ0) is 32.3. The fourth-order valence-electron chi connectivity index (χ4n) is 4.38. The van der Waals surface area contributed by atoms with E-state index in [1.54, 1.807) is 6.92 Å². The normalized spacial score (nSPS) is 12.0. The predicted molar refractivity (Wildman–Crippen MR) is 143 cm³/mol. The fourth-order valence-corrected chi connectivity index (χ4v) is 4.38. The molecule has 1 aromatic heterocycles. The van der Waals surface area contributed by atoms with Crippen LogP contribution in [0.3, 0.4) is 0 Å². The van der Waals surface area contributed by atoms with Gasteiger partial charge in [0, 0.05) is 30.6 Å². The van der Waals surface area contributed by atoms with E-state index in [9.17, 15) is 36.6 Å². The van der Waals surface area contributed by atoms with Crippen LogP contribution in [0, 0.1) is 11.6 Å². The molecule has 2 aliphatic heterocycles. The van der Waals surface area contributed by atoms with E-state index in [1.807, 2.05) is 0 Å². The standard InChI is InChI=1S/C29H23F5N6O5.Na/c1-2-10-44-15-6-7-16(18(11-15)29(32,33)34)20-12-23(45-39-20)26(28(43)35-9-8-24(41)42)40-14-22-21(13-36-40)37-27(38-22)17-4-3-5-19(30)25(17)31;/h3-7,11-14,26H,2,8-10H2,1H3,(H,35,43)(H,41,42);/q;+1/p-1. The number of hydrogen-bond acceptors (Lipinski definition) is 9. The minimum atomic E-state index is -4.79. The second kappa shape index (κ2) is 14.3. The predicted octanol–water partition coefficient (Wildman–Crippen LogP) is 1.04. The van der Waals surface area contributed by atoms with E-state index in [-0.39, 0.29) is 88.3 Å². The van der Waals surface area contributed by atoms with Crippen LogP contribution in [0.25, 0.3) is 34.0 Å². The van der Waals surface area contributed by atoms with E-state index in [4.69, 9.17) is 9.26 Å². The van der Waals surface area contributed by atoms with Gasteiger partial charge in [-0.05, 0) is 36.8 Å². The molecule has 1 amide bonds. The number of nitrogens with one attached hydrogen (secondary N) is 1. The number of imidazole rings is 1. The molecule has 234 valence electrons. The van der Waals surface area contributed by atoms with Crippen molar-refractivity contribution >= 4 is 11.9 Å². The van der Waals surface area contributed by atoms with Crippen LogP contribution >= 0.6 is 0 Å². The van der Waals surface area contributed by atoms with E-state index >= 15 is 0 Å². The van der Waals surface area contributed by atoms with Crippen molar-refractivity contribution in [2.24, 2.45) is 0 Å². The molecule has 2 aromatic carbocycles. The van der Waals surface area contributed by atoms with Crippen LogP contribution in [-0.2, 0) is 15.8 Å². The van der Waals surface area contributed by atoms with Gasteiger partial charge >= 0.3 is 35.7 Å². The Balaban J connectivity index is 0.00000480. The molecule has 0 aliphatic carbocycles. The SMILES string of the molecule is CCCOc1ccc(-c2cc(C(C(=O)NCCC(=O)[O-])n3cc4nc(-c5cccc(F)c5F)nc-4cn3)on2)c(C(F)(F)F)c1.[Na+]. The van der Waals surface area contributed by atoms with Crippen molar-refractivity contribution in [1.29, 1.82) is 0 Å². The average Bonchev–Trinajstić information content (AvgIpc) is 3.64. The summed E-state index contributed by atoms with van der Waals surface area (Å²) in [6, 6.07) is 6.41. The summed E-state index contributed by atoms with van der Waals surface area (Å²) < 4.78 is 81.9. The van der Waals surface area contributed by atoms with Gasteiger partial charge in [0.1, 0.15) is 22.8 Å². The van der Waals surface area contributed by atoms with Gasteiger partial charge in [-0.1, -0.05) is 18.1 Å². The third-order valence-electron chi connectivity index (χ3n) is 6.46. The van der Waals surface area contributed by atoms with Crippen molar-refractivity contribution in [2.45, 2.75) is 32.0 Å². The molecule has 1 atom stereocenters. The number of rotatable bonds is 11. The number of ether oxygens (including phenoxy) is 1. The molecule has 0 saturated carbocycles. The quantitative estimate of drug-likeness (QED) is 0.163. The maximum atomic E-state index is 14.4. The molecule has 0 bridgehead atoms. The maximum absolute atomic E-state index is 14.4. The van der Waals surface area contributed by atoms with Crippen LogP contribution < -0.4 is 44.7 Å². The summed E-state index contributed by atoms with van der Waals surface area (Å²) in [6.07, 6.45) is -2.33. The van der Waals surface area contributed by atoms with Gasteiger partial charge < -0.3 is 24.5 Å². The summed E-state index contributed by atoms with van der Waals surface area (Å²) in [5.41, 5.74) is -1.64. The molecule has 17 heteroatoms. The molecule has 2 aliphatic rings. The Morgan fingerprint density at radius 2 is 1.83 bits per heavy atom. The number of carboxylic acid groups (broad SMARTS) is 1. The molecule has 3 heterocycles. The number of halogens is 5.